The minimum absolute atomic E-state index is 0.0202. The van der Waals surface area contributed by atoms with Gasteiger partial charge in [-0.25, -0.2) is 4.39 Å². The molecule has 1 unspecified atom stereocenters. The molecule has 0 aliphatic carbocycles. The maximum atomic E-state index is 13.0. The fourth-order valence-corrected chi connectivity index (χ4v) is 2.43. The van der Waals surface area contributed by atoms with Crippen molar-refractivity contribution in [3.63, 3.8) is 0 Å². The zero-order valence-electron chi connectivity index (χ0n) is 10.0. The highest BCUT2D eigenvalue weighted by Crippen LogP contribution is 2.20. The van der Waals surface area contributed by atoms with Gasteiger partial charge in [0.2, 0.25) is 0 Å². The highest BCUT2D eigenvalue weighted by molar-refractivity contribution is 6.31. The van der Waals surface area contributed by atoms with Gasteiger partial charge in [-0.3, -0.25) is 4.79 Å². The van der Waals surface area contributed by atoms with Gasteiger partial charge >= 0.3 is 0 Å². The molecule has 0 bridgehead atoms. The third kappa shape index (κ3) is 2.82. The Bertz CT molecular complexity index is 453. The zero-order valence-corrected chi connectivity index (χ0v) is 10.8. The second-order valence-corrected chi connectivity index (χ2v) is 5.03. The van der Waals surface area contributed by atoms with E-state index in [4.69, 9.17) is 17.3 Å². The van der Waals surface area contributed by atoms with Crippen LogP contribution >= 0.6 is 11.6 Å². The number of carbonyl (C=O) groups is 1. The summed E-state index contributed by atoms with van der Waals surface area (Å²) in [5, 5.41) is -0.0202. The number of halogens is 2. The van der Waals surface area contributed by atoms with Gasteiger partial charge in [-0.2, -0.15) is 0 Å². The van der Waals surface area contributed by atoms with Crippen LogP contribution in [0.25, 0.3) is 0 Å². The predicted octanol–water partition coefficient (Wildman–Crippen LogP) is 2.29. The van der Waals surface area contributed by atoms with Crippen LogP contribution in [-0.4, -0.2) is 30.4 Å². The molecule has 0 radical (unpaired) electrons. The first-order valence-corrected chi connectivity index (χ1v) is 6.44. The van der Waals surface area contributed by atoms with Crippen LogP contribution in [0.2, 0.25) is 5.02 Å². The van der Waals surface area contributed by atoms with Crippen LogP contribution in [0.4, 0.5) is 4.39 Å². The summed E-state index contributed by atoms with van der Waals surface area (Å²) in [4.78, 5) is 14.0. The van der Waals surface area contributed by atoms with E-state index in [1.165, 1.54) is 18.2 Å². The van der Waals surface area contributed by atoms with E-state index in [0.29, 0.717) is 24.6 Å². The molecule has 1 saturated heterocycles. The minimum Gasteiger partial charge on any atom is -0.338 e. The van der Waals surface area contributed by atoms with Gasteiger partial charge in [0.15, 0.2) is 0 Å². The van der Waals surface area contributed by atoms with Gasteiger partial charge < -0.3 is 10.6 Å². The van der Waals surface area contributed by atoms with E-state index in [1.807, 2.05) is 0 Å². The second kappa shape index (κ2) is 5.67. The Labute approximate surface area is 111 Å². The molecule has 0 aromatic heterocycles. The number of amides is 1. The van der Waals surface area contributed by atoms with Crippen LogP contribution in [0.1, 0.15) is 23.2 Å². The summed E-state index contributed by atoms with van der Waals surface area (Å²) in [5.74, 6) is -0.250. The van der Waals surface area contributed by atoms with Crippen LogP contribution in [0.5, 0.6) is 0 Å². The number of carbonyl (C=O) groups excluding carboxylic acids is 1. The van der Waals surface area contributed by atoms with Gasteiger partial charge in [0, 0.05) is 18.7 Å². The van der Waals surface area contributed by atoms with Crippen molar-refractivity contribution >= 4 is 17.5 Å². The highest BCUT2D eigenvalue weighted by atomic mass is 35.5. The molecule has 1 heterocycles. The van der Waals surface area contributed by atoms with Crippen molar-refractivity contribution in [1.29, 1.82) is 0 Å². The van der Waals surface area contributed by atoms with Gasteiger partial charge in [0.25, 0.3) is 5.91 Å². The SMILES string of the molecule is NCC1CCCN(C(=O)c2ccc(F)c(Cl)c2)C1. The summed E-state index contributed by atoms with van der Waals surface area (Å²) in [6, 6.07) is 4.07. The molecular weight excluding hydrogens is 255 g/mol. The summed E-state index contributed by atoms with van der Waals surface area (Å²) in [5.41, 5.74) is 6.07. The van der Waals surface area contributed by atoms with E-state index in [-0.39, 0.29) is 10.9 Å². The van der Waals surface area contributed by atoms with E-state index < -0.39 is 5.82 Å². The smallest absolute Gasteiger partial charge is 0.253 e. The van der Waals surface area contributed by atoms with Crippen LogP contribution < -0.4 is 5.73 Å². The van der Waals surface area contributed by atoms with Crippen molar-refractivity contribution in [2.45, 2.75) is 12.8 Å². The number of nitrogens with zero attached hydrogens (tertiary/aromatic N) is 1. The van der Waals surface area contributed by atoms with Crippen molar-refractivity contribution in [1.82, 2.24) is 4.90 Å². The quantitative estimate of drug-likeness (QED) is 0.896. The molecule has 1 aromatic rings. The van der Waals surface area contributed by atoms with E-state index in [0.717, 1.165) is 19.4 Å². The maximum Gasteiger partial charge on any atom is 0.253 e. The molecule has 1 fully saturated rings. The first-order valence-electron chi connectivity index (χ1n) is 6.06. The normalized spacial score (nSPS) is 19.9. The van der Waals surface area contributed by atoms with Crippen molar-refractivity contribution in [2.24, 2.45) is 11.7 Å². The van der Waals surface area contributed by atoms with Gasteiger partial charge in [0.1, 0.15) is 5.82 Å². The van der Waals surface area contributed by atoms with Gasteiger partial charge in [0.05, 0.1) is 5.02 Å². The molecule has 1 amide bonds. The summed E-state index contributed by atoms with van der Waals surface area (Å²) >= 11 is 5.69. The molecule has 98 valence electrons. The molecule has 2 N–H and O–H groups in total. The molecular formula is C13H16ClFN2O. The number of rotatable bonds is 2. The van der Waals surface area contributed by atoms with Gasteiger partial charge in [-0.15, -0.1) is 0 Å². The summed E-state index contributed by atoms with van der Waals surface area (Å²) in [6.45, 7) is 1.99. The Morgan fingerprint density at radius 3 is 3.00 bits per heavy atom. The molecule has 1 aliphatic rings. The Kier molecular flexibility index (Phi) is 4.19. The number of nitrogens with two attached hydrogens (primary N) is 1. The molecule has 0 spiro atoms. The Morgan fingerprint density at radius 1 is 1.56 bits per heavy atom. The van der Waals surface area contributed by atoms with Crippen molar-refractivity contribution in [3.8, 4) is 0 Å². The number of hydrogen-bond donors (Lipinski definition) is 1. The monoisotopic (exact) mass is 270 g/mol. The summed E-state index contributed by atoms with van der Waals surface area (Å²) in [6.07, 6.45) is 2.02. The van der Waals surface area contributed by atoms with Crippen LogP contribution in [0.3, 0.4) is 0 Å². The lowest BCUT2D eigenvalue weighted by atomic mass is 9.97. The first-order chi connectivity index (χ1) is 8.61. The fraction of sp³-hybridized carbons (Fsp3) is 0.462. The number of likely N-dealkylation sites (tertiary alicyclic amines) is 1. The molecule has 3 nitrogen and oxygen atoms in total. The lowest BCUT2D eigenvalue weighted by Gasteiger charge is -2.32. The topological polar surface area (TPSA) is 46.3 Å². The minimum atomic E-state index is -0.508. The third-order valence-corrected chi connectivity index (χ3v) is 3.60. The van der Waals surface area contributed by atoms with E-state index in [9.17, 15) is 9.18 Å². The second-order valence-electron chi connectivity index (χ2n) is 4.62. The number of piperidine rings is 1. The number of hydrogen-bond acceptors (Lipinski definition) is 2. The van der Waals surface area contributed by atoms with Crippen molar-refractivity contribution < 1.29 is 9.18 Å². The average Bonchev–Trinajstić information content (AvgIpc) is 2.41. The van der Waals surface area contributed by atoms with Crippen molar-refractivity contribution in [3.05, 3.63) is 34.6 Å². The summed E-state index contributed by atoms with van der Waals surface area (Å²) < 4.78 is 13.0. The van der Waals surface area contributed by atoms with Gasteiger partial charge in [-0.1, -0.05) is 11.6 Å². The molecule has 5 heteroatoms. The van der Waals surface area contributed by atoms with E-state index in [2.05, 4.69) is 0 Å². The van der Waals surface area contributed by atoms with E-state index >= 15 is 0 Å². The summed E-state index contributed by atoms with van der Waals surface area (Å²) in [7, 11) is 0. The molecule has 2 rings (SSSR count). The van der Waals surface area contributed by atoms with Crippen LogP contribution in [0.15, 0.2) is 18.2 Å². The molecule has 1 aromatic carbocycles. The maximum absolute atomic E-state index is 13.0. The molecule has 0 saturated carbocycles. The third-order valence-electron chi connectivity index (χ3n) is 3.31. The standard InChI is InChI=1S/C13H16ClFN2O/c14-11-6-10(3-4-12(11)15)13(18)17-5-1-2-9(7-16)8-17/h3-4,6,9H,1-2,5,7-8,16H2. The fourth-order valence-electron chi connectivity index (χ4n) is 2.25. The number of benzene rings is 1. The van der Waals surface area contributed by atoms with Crippen LogP contribution in [0, 0.1) is 11.7 Å². The lowest BCUT2D eigenvalue weighted by molar-refractivity contribution is 0.0678. The molecule has 18 heavy (non-hydrogen) atoms. The molecule has 1 atom stereocenters. The largest absolute Gasteiger partial charge is 0.338 e. The first kappa shape index (κ1) is 13.3. The van der Waals surface area contributed by atoms with Crippen LogP contribution in [-0.2, 0) is 0 Å². The lowest BCUT2D eigenvalue weighted by Crippen LogP contribution is -2.42. The van der Waals surface area contributed by atoms with Gasteiger partial charge in [-0.05, 0) is 43.5 Å². The Balaban J connectivity index is 2.12. The van der Waals surface area contributed by atoms with E-state index in [1.54, 1.807) is 4.90 Å². The highest BCUT2D eigenvalue weighted by Gasteiger charge is 2.23. The Morgan fingerprint density at radius 2 is 2.33 bits per heavy atom. The Hall–Kier alpha value is -1.13. The average molecular weight is 271 g/mol. The molecule has 1 aliphatic heterocycles. The zero-order chi connectivity index (χ0) is 13.1. The predicted molar refractivity (Wildman–Crippen MR) is 69.1 cm³/mol. The van der Waals surface area contributed by atoms with Crippen molar-refractivity contribution in [2.75, 3.05) is 19.6 Å².